The summed E-state index contributed by atoms with van der Waals surface area (Å²) in [7, 11) is 0. The van der Waals surface area contributed by atoms with Gasteiger partial charge in [-0.25, -0.2) is 0 Å². The maximum absolute atomic E-state index is 4.03. The van der Waals surface area contributed by atoms with Gasteiger partial charge in [-0.1, -0.05) is 30.7 Å². The first-order chi connectivity index (χ1) is 5.13. The van der Waals surface area contributed by atoms with Crippen LogP contribution >= 0.6 is 0 Å². The Morgan fingerprint density at radius 2 is 1.36 bits per heavy atom. The molecule has 0 aliphatic heterocycles. The summed E-state index contributed by atoms with van der Waals surface area (Å²) in [5.74, 6) is 1.46. The summed E-state index contributed by atoms with van der Waals surface area (Å²) >= 11 is 0. The van der Waals surface area contributed by atoms with E-state index in [2.05, 4.69) is 27.0 Å². The van der Waals surface area contributed by atoms with E-state index in [9.17, 15) is 0 Å². The molecule has 0 saturated heterocycles. The molecule has 0 N–H and O–H groups in total. The summed E-state index contributed by atoms with van der Waals surface area (Å²) in [5.41, 5.74) is 2.69. The maximum atomic E-state index is 4.03. The van der Waals surface area contributed by atoms with E-state index >= 15 is 0 Å². The molecule has 1 fully saturated rings. The van der Waals surface area contributed by atoms with Crippen molar-refractivity contribution in [1.82, 2.24) is 0 Å². The van der Waals surface area contributed by atoms with Crippen LogP contribution in [-0.4, -0.2) is 0 Å². The fraction of sp³-hybridized carbons (Fsp3) is 0.636. The minimum absolute atomic E-state index is 0.729. The van der Waals surface area contributed by atoms with Gasteiger partial charge in [-0.3, -0.25) is 0 Å². The Labute approximate surface area is 70.0 Å². The Morgan fingerprint density at radius 3 is 1.64 bits per heavy atom. The molecule has 0 aromatic carbocycles. The van der Waals surface area contributed by atoms with Crippen LogP contribution in [0.15, 0.2) is 24.3 Å². The van der Waals surface area contributed by atoms with Gasteiger partial charge in [0.05, 0.1) is 0 Å². The van der Waals surface area contributed by atoms with Gasteiger partial charge in [0.25, 0.3) is 0 Å². The van der Waals surface area contributed by atoms with Crippen molar-refractivity contribution in [2.75, 3.05) is 0 Å². The van der Waals surface area contributed by atoms with Gasteiger partial charge < -0.3 is 0 Å². The molecule has 0 radical (unpaired) electrons. The SMILES string of the molecule is C=C(C)C1CCC[C@H]1C(=C)C. The molecule has 11 heavy (non-hydrogen) atoms. The Hall–Kier alpha value is -0.520. The van der Waals surface area contributed by atoms with Gasteiger partial charge in [-0.05, 0) is 38.5 Å². The smallest absolute Gasteiger partial charge is 0.0143 e. The maximum Gasteiger partial charge on any atom is -0.0143 e. The van der Waals surface area contributed by atoms with Gasteiger partial charge in [0.1, 0.15) is 0 Å². The lowest BCUT2D eigenvalue weighted by molar-refractivity contribution is 0.506. The zero-order valence-corrected chi connectivity index (χ0v) is 7.69. The molecule has 2 atom stereocenters. The molecule has 1 rings (SSSR count). The Balaban J connectivity index is 2.65. The molecule has 0 amide bonds. The van der Waals surface area contributed by atoms with Crippen molar-refractivity contribution in [1.29, 1.82) is 0 Å². The first-order valence-electron chi connectivity index (χ1n) is 4.43. The number of rotatable bonds is 2. The third-order valence-corrected chi connectivity index (χ3v) is 2.78. The normalized spacial score (nSPS) is 30.4. The summed E-state index contributed by atoms with van der Waals surface area (Å²) < 4.78 is 0. The van der Waals surface area contributed by atoms with Crippen LogP contribution in [0.2, 0.25) is 0 Å². The highest BCUT2D eigenvalue weighted by atomic mass is 14.3. The van der Waals surface area contributed by atoms with Crippen molar-refractivity contribution >= 4 is 0 Å². The van der Waals surface area contributed by atoms with E-state index in [0.29, 0.717) is 0 Å². The second kappa shape index (κ2) is 3.25. The third-order valence-electron chi connectivity index (χ3n) is 2.78. The van der Waals surface area contributed by atoms with Crippen molar-refractivity contribution in [3.8, 4) is 0 Å². The van der Waals surface area contributed by atoms with E-state index < -0.39 is 0 Å². The van der Waals surface area contributed by atoms with Crippen molar-refractivity contribution in [3.05, 3.63) is 24.3 Å². The van der Waals surface area contributed by atoms with Gasteiger partial charge >= 0.3 is 0 Å². The molecule has 1 aliphatic rings. The number of allylic oxidation sites excluding steroid dienone is 2. The summed E-state index contributed by atoms with van der Waals surface area (Å²) in [6.07, 6.45) is 4.01. The first kappa shape index (κ1) is 8.58. The monoisotopic (exact) mass is 150 g/mol. The zero-order chi connectivity index (χ0) is 8.43. The van der Waals surface area contributed by atoms with Crippen molar-refractivity contribution in [3.63, 3.8) is 0 Å². The zero-order valence-electron chi connectivity index (χ0n) is 7.69. The highest BCUT2D eigenvalue weighted by Crippen LogP contribution is 2.39. The van der Waals surface area contributed by atoms with Gasteiger partial charge in [0, 0.05) is 0 Å². The molecule has 0 nitrogen and oxygen atoms in total. The van der Waals surface area contributed by atoms with Gasteiger partial charge in [0.2, 0.25) is 0 Å². The van der Waals surface area contributed by atoms with Crippen LogP contribution < -0.4 is 0 Å². The van der Waals surface area contributed by atoms with Crippen molar-refractivity contribution < 1.29 is 0 Å². The molecule has 0 heteroatoms. The fourth-order valence-corrected chi connectivity index (χ4v) is 2.14. The van der Waals surface area contributed by atoms with Crippen LogP contribution in [0.3, 0.4) is 0 Å². The highest BCUT2D eigenvalue weighted by molar-refractivity contribution is 5.11. The van der Waals surface area contributed by atoms with Crippen LogP contribution in [0.25, 0.3) is 0 Å². The molecule has 1 saturated carbocycles. The predicted octanol–water partition coefficient (Wildman–Crippen LogP) is 3.55. The lowest BCUT2D eigenvalue weighted by atomic mass is 9.86. The van der Waals surface area contributed by atoms with Gasteiger partial charge in [0.15, 0.2) is 0 Å². The average molecular weight is 150 g/mol. The molecule has 0 spiro atoms. The average Bonchev–Trinajstić information content (AvgIpc) is 2.32. The molecule has 62 valence electrons. The topological polar surface area (TPSA) is 0 Å². The van der Waals surface area contributed by atoms with Gasteiger partial charge in [-0.15, -0.1) is 0 Å². The van der Waals surface area contributed by atoms with Crippen molar-refractivity contribution in [2.24, 2.45) is 11.8 Å². The molecular formula is C11H18. The molecule has 0 bridgehead atoms. The third kappa shape index (κ3) is 1.74. The summed E-state index contributed by atoms with van der Waals surface area (Å²) in [4.78, 5) is 0. The van der Waals surface area contributed by atoms with Crippen LogP contribution in [0.4, 0.5) is 0 Å². The molecular weight excluding hydrogens is 132 g/mol. The molecule has 1 aliphatic carbocycles. The van der Waals surface area contributed by atoms with E-state index in [1.165, 1.54) is 30.4 Å². The van der Waals surface area contributed by atoms with E-state index in [4.69, 9.17) is 0 Å². The number of hydrogen-bond acceptors (Lipinski definition) is 0. The quantitative estimate of drug-likeness (QED) is 0.528. The van der Waals surface area contributed by atoms with Crippen LogP contribution in [-0.2, 0) is 0 Å². The summed E-state index contributed by atoms with van der Waals surface area (Å²) in [5, 5.41) is 0. The minimum Gasteiger partial charge on any atom is -0.0998 e. The molecule has 1 unspecified atom stereocenters. The Bertz CT molecular complexity index is 156. The molecule has 0 aromatic heterocycles. The first-order valence-corrected chi connectivity index (χ1v) is 4.43. The largest absolute Gasteiger partial charge is 0.0998 e. The lowest BCUT2D eigenvalue weighted by Gasteiger charge is -2.19. The van der Waals surface area contributed by atoms with E-state index in [1.807, 2.05) is 0 Å². The fourth-order valence-electron chi connectivity index (χ4n) is 2.14. The lowest BCUT2D eigenvalue weighted by Crippen LogP contribution is -2.08. The van der Waals surface area contributed by atoms with Gasteiger partial charge in [-0.2, -0.15) is 0 Å². The molecule has 0 heterocycles. The van der Waals surface area contributed by atoms with Crippen LogP contribution in [0, 0.1) is 11.8 Å². The van der Waals surface area contributed by atoms with Crippen molar-refractivity contribution in [2.45, 2.75) is 33.1 Å². The Kier molecular flexibility index (Phi) is 2.53. The standard InChI is InChI=1S/C11H18/c1-8(2)10-6-5-7-11(10)9(3)4/h10-11H,1,3,5-7H2,2,4H3/t10-,11?/m0/s1. The summed E-state index contributed by atoms with van der Waals surface area (Å²) in [6.45, 7) is 12.3. The minimum atomic E-state index is 0.729. The van der Waals surface area contributed by atoms with E-state index in [0.717, 1.165) is 11.8 Å². The Morgan fingerprint density at radius 1 is 1.00 bits per heavy atom. The summed E-state index contributed by atoms with van der Waals surface area (Å²) in [6, 6.07) is 0. The second-order valence-corrected chi connectivity index (χ2v) is 3.84. The van der Waals surface area contributed by atoms with E-state index in [-0.39, 0.29) is 0 Å². The second-order valence-electron chi connectivity index (χ2n) is 3.84. The predicted molar refractivity (Wildman–Crippen MR) is 50.5 cm³/mol. The van der Waals surface area contributed by atoms with Crippen LogP contribution in [0.5, 0.6) is 0 Å². The highest BCUT2D eigenvalue weighted by Gasteiger charge is 2.27. The van der Waals surface area contributed by atoms with E-state index in [1.54, 1.807) is 0 Å². The van der Waals surface area contributed by atoms with Crippen LogP contribution in [0.1, 0.15) is 33.1 Å². The molecule has 0 aromatic rings. The number of hydrogen-bond donors (Lipinski definition) is 0.